The molecule has 0 saturated heterocycles. The van der Waals surface area contributed by atoms with Crippen LogP contribution in [-0.2, 0) is 4.79 Å². The molecule has 6 nitrogen and oxygen atoms in total. The highest BCUT2D eigenvalue weighted by Gasteiger charge is 2.20. The van der Waals surface area contributed by atoms with Crippen LogP contribution in [0.5, 0.6) is 0 Å². The van der Waals surface area contributed by atoms with E-state index in [1.54, 1.807) is 6.07 Å². The Labute approximate surface area is 136 Å². The van der Waals surface area contributed by atoms with E-state index in [9.17, 15) is 18.4 Å². The fourth-order valence-electron chi connectivity index (χ4n) is 1.95. The van der Waals surface area contributed by atoms with E-state index in [1.807, 2.05) is 0 Å². The first-order valence-corrected chi connectivity index (χ1v) is 6.97. The molecule has 8 heteroatoms. The number of hydrogen-bond donors (Lipinski definition) is 3. The Morgan fingerprint density at radius 3 is 2.50 bits per heavy atom. The minimum atomic E-state index is -1.38. The number of nitrogens with one attached hydrogen (secondary N) is 2. The molecule has 0 bridgehead atoms. The highest BCUT2D eigenvalue weighted by molar-refractivity contribution is 5.78. The quantitative estimate of drug-likeness (QED) is 0.555. The number of anilines is 3. The van der Waals surface area contributed by atoms with Crippen LogP contribution < -0.4 is 10.7 Å². The second kappa shape index (κ2) is 7.40. The summed E-state index contributed by atoms with van der Waals surface area (Å²) in [5.74, 6) is -1.04. The normalized spacial score (nSPS) is 11.5. The number of aldehydes is 1. The summed E-state index contributed by atoms with van der Waals surface area (Å²) in [6.07, 6.45) is -0.930. The van der Waals surface area contributed by atoms with Crippen LogP contribution in [0.1, 0.15) is 6.92 Å². The Morgan fingerprint density at radius 1 is 1.17 bits per heavy atom. The van der Waals surface area contributed by atoms with Crippen LogP contribution in [0.4, 0.5) is 30.6 Å². The largest absolute Gasteiger partial charge is 0.464 e. The van der Waals surface area contributed by atoms with Crippen LogP contribution >= 0.6 is 0 Å². The molecule has 0 fully saturated rings. The number of halogens is 2. The van der Waals surface area contributed by atoms with E-state index in [0.717, 1.165) is 12.1 Å². The molecular formula is C16H15F2N3O3. The highest BCUT2D eigenvalue weighted by atomic mass is 19.1. The van der Waals surface area contributed by atoms with Crippen molar-refractivity contribution in [3.8, 4) is 0 Å². The third kappa shape index (κ3) is 4.19. The van der Waals surface area contributed by atoms with E-state index in [1.165, 1.54) is 31.2 Å². The van der Waals surface area contributed by atoms with Crippen molar-refractivity contribution in [2.45, 2.75) is 13.0 Å². The molecule has 3 N–H and O–H groups in total. The van der Waals surface area contributed by atoms with Gasteiger partial charge in [0.15, 0.2) is 0 Å². The second-order valence-electron chi connectivity index (χ2n) is 4.97. The molecule has 0 radical (unpaired) electrons. The Bertz CT molecular complexity index is 755. The molecule has 2 aromatic rings. The van der Waals surface area contributed by atoms with Gasteiger partial charge in [0.05, 0.1) is 11.4 Å². The van der Waals surface area contributed by atoms with E-state index in [0.29, 0.717) is 17.0 Å². The van der Waals surface area contributed by atoms with Gasteiger partial charge < -0.3 is 15.2 Å². The summed E-state index contributed by atoms with van der Waals surface area (Å²) >= 11 is 0. The maximum absolute atomic E-state index is 13.5. The van der Waals surface area contributed by atoms with Gasteiger partial charge in [0.1, 0.15) is 24.0 Å². The first kappa shape index (κ1) is 17.2. The molecule has 126 valence electrons. The van der Waals surface area contributed by atoms with Gasteiger partial charge in [-0.1, -0.05) is 6.07 Å². The number of carboxylic acid groups (broad SMARTS) is 1. The van der Waals surface area contributed by atoms with Gasteiger partial charge in [-0.2, -0.15) is 0 Å². The van der Waals surface area contributed by atoms with Gasteiger partial charge in [0.2, 0.25) is 0 Å². The van der Waals surface area contributed by atoms with Crippen molar-refractivity contribution in [2.24, 2.45) is 0 Å². The molecule has 0 saturated carbocycles. The summed E-state index contributed by atoms with van der Waals surface area (Å²) in [7, 11) is 0. The smallest absolute Gasteiger partial charge is 0.426 e. The maximum atomic E-state index is 13.5. The number of nitrogens with zero attached hydrogens (tertiary/aromatic N) is 1. The Kier molecular flexibility index (Phi) is 5.31. The molecule has 0 spiro atoms. The van der Waals surface area contributed by atoms with Crippen molar-refractivity contribution in [1.29, 1.82) is 0 Å². The number of hydrazine groups is 1. The molecule has 0 aliphatic rings. The zero-order chi connectivity index (χ0) is 17.7. The summed E-state index contributed by atoms with van der Waals surface area (Å²) in [6.45, 7) is 1.39. The Morgan fingerprint density at radius 2 is 1.88 bits per heavy atom. The molecule has 0 aliphatic heterocycles. The fourth-order valence-corrected chi connectivity index (χ4v) is 1.95. The van der Waals surface area contributed by atoms with Crippen LogP contribution in [0.25, 0.3) is 0 Å². The molecule has 1 atom stereocenters. The number of benzene rings is 2. The van der Waals surface area contributed by atoms with E-state index in [2.05, 4.69) is 10.7 Å². The molecule has 1 amide bonds. The lowest BCUT2D eigenvalue weighted by Gasteiger charge is -2.25. The fraction of sp³-hybridized carbons (Fsp3) is 0.125. The lowest BCUT2D eigenvalue weighted by atomic mass is 10.2. The highest BCUT2D eigenvalue weighted by Crippen LogP contribution is 2.27. The summed E-state index contributed by atoms with van der Waals surface area (Å²) in [6, 6.07) is 8.11. The molecule has 2 aromatic carbocycles. The monoisotopic (exact) mass is 335 g/mol. The third-order valence-corrected chi connectivity index (χ3v) is 3.14. The van der Waals surface area contributed by atoms with Crippen molar-refractivity contribution < 1.29 is 23.5 Å². The summed E-state index contributed by atoms with van der Waals surface area (Å²) in [4.78, 5) is 22.1. The van der Waals surface area contributed by atoms with E-state index >= 15 is 0 Å². The third-order valence-electron chi connectivity index (χ3n) is 3.14. The molecular weight excluding hydrogens is 320 g/mol. The number of rotatable bonds is 6. The molecule has 2 rings (SSSR count). The number of hydrogen-bond acceptors (Lipinski definition) is 4. The predicted octanol–water partition coefficient (Wildman–Crippen LogP) is 3.60. The van der Waals surface area contributed by atoms with E-state index in [-0.39, 0.29) is 11.4 Å². The predicted molar refractivity (Wildman–Crippen MR) is 85.1 cm³/mol. The first-order chi connectivity index (χ1) is 11.4. The van der Waals surface area contributed by atoms with Crippen LogP contribution in [0, 0.1) is 11.6 Å². The van der Waals surface area contributed by atoms with Gasteiger partial charge in [0.25, 0.3) is 0 Å². The zero-order valence-electron chi connectivity index (χ0n) is 12.7. The zero-order valence-corrected chi connectivity index (χ0v) is 12.7. The average Bonchev–Trinajstić information content (AvgIpc) is 2.53. The van der Waals surface area contributed by atoms with Crippen LogP contribution in [0.3, 0.4) is 0 Å². The lowest BCUT2D eigenvalue weighted by Crippen LogP contribution is -2.43. The number of carbonyl (C=O) groups excluding carboxylic acids is 1. The van der Waals surface area contributed by atoms with Crippen LogP contribution in [0.15, 0.2) is 42.5 Å². The minimum Gasteiger partial charge on any atom is -0.464 e. The lowest BCUT2D eigenvalue weighted by molar-refractivity contribution is -0.111. The molecule has 0 heterocycles. The van der Waals surface area contributed by atoms with Gasteiger partial charge in [-0.05, 0) is 43.3 Å². The summed E-state index contributed by atoms with van der Waals surface area (Å²) < 4.78 is 26.8. The maximum Gasteiger partial charge on any atom is 0.426 e. The molecule has 0 aromatic heterocycles. The Hall–Kier alpha value is -3.16. The van der Waals surface area contributed by atoms with Gasteiger partial charge in [-0.15, -0.1) is 0 Å². The van der Waals surface area contributed by atoms with Gasteiger partial charge >= 0.3 is 6.09 Å². The van der Waals surface area contributed by atoms with Gasteiger partial charge in [0, 0.05) is 5.69 Å². The van der Waals surface area contributed by atoms with E-state index < -0.39 is 23.8 Å². The van der Waals surface area contributed by atoms with Crippen molar-refractivity contribution in [3.05, 3.63) is 54.1 Å². The second-order valence-corrected chi connectivity index (χ2v) is 4.97. The number of carbonyl (C=O) groups is 2. The summed E-state index contributed by atoms with van der Waals surface area (Å²) in [5.41, 5.74) is 3.29. The van der Waals surface area contributed by atoms with Crippen molar-refractivity contribution >= 4 is 29.4 Å². The molecule has 1 unspecified atom stereocenters. The molecule has 0 aliphatic carbocycles. The van der Waals surface area contributed by atoms with Crippen LogP contribution in [0.2, 0.25) is 0 Å². The van der Waals surface area contributed by atoms with Crippen LogP contribution in [-0.4, -0.2) is 28.5 Å². The SMILES string of the molecule is CC(C=O)N(Nc1ccc(F)cc1Nc1cccc(F)c1)C(=O)O. The molecule has 24 heavy (non-hydrogen) atoms. The van der Waals surface area contributed by atoms with Crippen molar-refractivity contribution in [2.75, 3.05) is 10.7 Å². The van der Waals surface area contributed by atoms with Crippen molar-refractivity contribution in [1.82, 2.24) is 5.01 Å². The first-order valence-electron chi connectivity index (χ1n) is 6.97. The van der Waals surface area contributed by atoms with Gasteiger partial charge in [-0.3, -0.25) is 5.43 Å². The topological polar surface area (TPSA) is 81.7 Å². The minimum absolute atomic E-state index is 0.185. The average molecular weight is 335 g/mol. The standard InChI is InChI=1S/C16H15F2N3O3/c1-10(9-22)21(16(23)24)20-14-6-5-12(18)8-15(14)19-13-4-2-3-11(17)7-13/h2-10,19-20H,1H3,(H,23,24). The van der Waals surface area contributed by atoms with Crippen molar-refractivity contribution in [3.63, 3.8) is 0 Å². The summed E-state index contributed by atoms with van der Waals surface area (Å²) in [5, 5.41) is 12.7. The van der Waals surface area contributed by atoms with E-state index in [4.69, 9.17) is 5.11 Å². The number of amides is 1. The van der Waals surface area contributed by atoms with Gasteiger partial charge in [-0.25, -0.2) is 18.6 Å². The Balaban J connectivity index is 2.33.